The van der Waals surface area contributed by atoms with Crippen LogP contribution in [0.4, 0.5) is 0 Å². The van der Waals surface area contributed by atoms with Crippen molar-refractivity contribution in [2.45, 2.75) is 56.8 Å². The summed E-state index contributed by atoms with van der Waals surface area (Å²) in [4.78, 5) is 4.15. The highest BCUT2D eigenvalue weighted by Gasteiger charge is 2.28. The van der Waals surface area contributed by atoms with E-state index in [-0.39, 0.29) is 24.6 Å². The Balaban J connectivity index is 1.26. The van der Waals surface area contributed by atoms with Crippen LogP contribution >= 0.6 is 46.4 Å². The second-order valence-electron chi connectivity index (χ2n) is 9.84. The van der Waals surface area contributed by atoms with Gasteiger partial charge in [0.1, 0.15) is 6.10 Å². The van der Waals surface area contributed by atoms with Gasteiger partial charge in [0.15, 0.2) is 6.29 Å². The normalized spacial score (nSPS) is 18.9. The molecule has 4 atom stereocenters. The Labute approximate surface area is 254 Å². The third kappa shape index (κ3) is 8.01. The van der Waals surface area contributed by atoms with Gasteiger partial charge in [0, 0.05) is 44.5 Å². The minimum absolute atomic E-state index is 0.120. The molecule has 0 N–H and O–H groups in total. The van der Waals surface area contributed by atoms with Crippen LogP contribution in [-0.2, 0) is 27.2 Å². The second-order valence-corrected chi connectivity index (χ2v) is 11.5. The zero-order valence-electron chi connectivity index (χ0n) is 21.8. The minimum atomic E-state index is -0.371. The van der Waals surface area contributed by atoms with Crippen molar-refractivity contribution in [3.63, 3.8) is 0 Å². The van der Waals surface area contributed by atoms with E-state index in [9.17, 15) is 0 Å². The molecule has 1 aliphatic heterocycles. The summed E-state index contributed by atoms with van der Waals surface area (Å²) in [6, 6.07) is 21.2. The molecule has 0 radical (unpaired) electrons. The SMILES string of the molecule is Clc1ccc(CC(OC2CCCC(COC(Cn3ccnc3)c3ccc(Cl)cc3Cl)O2)c2ccccc2)c(Cl)c1. The first-order chi connectivity index (χ1) is 19.4. The van der Waals surface area contributed by atoms with Gasteiger partial charge < -0.3 is 18.8 Å². The van der Waals surface area contributed by atoms with E-state index in [1.165, 1.54) is 0 Å². The van der Waals surface area contributed by atoms with Gasteiger partial charge in [0.2, 0.25) is 0 Å². The van der Waals surface area contributed by atoms with Crippen LogP contribution in [0.5, 0.6) is 0 Å². The first kappa shape index (κ1) is 29.4. The van der Waals surface area contributed by atoms with Crippen LogP contribution in [0.1, 0.15) is 48.2 Å². The fourth-order valence-electron chi connectivity index (χ4n) is 4.88. The van der Waals surface area contributed by atoms with Gasteiger partial charge in [0.25, 0.3) is 0 Å². The number of halogens is 4. The Hall–Kier alpha value is -2.09. The maximum Gasteiger partial charge on any atom is 0.158 e. The van der Waals surface area contributed by atoms with E-state index in [2.05, 4.69) is 17.1 Å². The minimum Gasteiger partial charge on any atom is -0.369 e. The number of rotatable bonds is 11. The maximum absolute atomic E-state index is 6.59. The predicted octanol–water partition coefficient (Wildman–Crippen LogP) is 9.15. The van der Waals surface area contributed by atoms with Crippen molar-refractivity contribution >= 4 is 46.4 Å². The molecule has 1 aromatic heterocycles. The summed E-state index contributed by atoms with van der Waals surface area (Å²) in [6.07, 6.45) is 7.64. The second kappa shape index (κ2) is 14.2. The molecular formula is C31H30Cl4N2O3. The molecular weight excluding hydrogens is 590 g/mol. The van der Waals surface area contributed by atoms with Crippen LogP contribution in [0.15, 0.2) is 85.5 Å². The van der Waals surface area contributed by atoms with Crippen LogP contribution in [-0.4, -0.2) is 28.6 Å². The van der Waals surface area contributed by atoms with Crippen molar-refractivity contribution in [1.29, 1.82) is 0 Å². The smallest absolute Gasteiger partial charge is 0.158 e. The average Bonchev–Trinajstić information content (AvgIpc) is 3.46. The third-order valence-electron chi connectivity index (χ3n) is 6.95. The summed E-state index contributed by atoms with van der Waals surface area (Å²) in [5, 5.41) is 2.38. The first-order valence-corrected chi connectivity index (χ1v) is 14.8. The molecule has 9 heteroatoms. The lowest BCUT2D eigenvalue weighted by Crippen LogP contribution is -2.34. The monoisotopic (exact) mass is 618 g/mol. The molecule has 210 valence electrons. The molecule has 0 bridgehead atoms. The van der Waals surface area contributed by atoms with Gasteiger partial charge in [-0.3, -0.25) is 0 Å². The fourth-order valence-corrected chi connectivity index (χ4v) is 5.90. The van der Waals surface area contributed by atoms with E-state index in [1.54, 1.807) is 24.7 Å². The Kier molecular flexibility index (Phi) is 10.4. The van der Waals surface area contributed by atoms with Crippen LogP contribution in [0.2, 0.25) is 20.1 Å². The topological polar surface area (TPSA) is 45.5 Å². The molecule has 0 spiro atoms. The zero-order valence-corrected chi connectivity index (χ0v) is 24.8. The van der Waals surface area contributed by atoms with Crippen LogP contribution < -0.4 is 0 Å². The number of hydrogen-bond acceptors (Lipinski definition) is 4. The summed E-state index contributed by atoms with van der Waals surface area (Å²) < 4.78 is 21.4. The number of ether oxygens (including phenoxy) is 3. The van der Waals surface area contributed by atoms with E-state index < -0.39 is 0 Å². The lowest BCUT2D eigenvalue weighted by Gasteiger charge is -2.33. The molecule has 2 heterocycles. The van der Waals surface area contributed by atoms with E-state index in [1.807, 2.05) is 53.2 Å². The zero-order chi connectivity index (χ0) is 27.9. The lowest BCUT2D eigenvalue weighted by molar-refractivity contribution is -0.227. The van der Waals surface area contributed by atoms with Crippen LogP contribution in [0.3, 0.4) is 0 Å². The molecule has 0 saturated carbocycles. The van der Waals surface area contributed by atoms with Gasteiger partial charge in [-0.05, 0) is 54.7 Å². The van der Waals surface area contributed by atoms with Crippen LogP contribution in [0, 0.1) is 0 Å². The van der Waals surface area contributed by atoms with Gasteiger partial charge >= 0.3 is 0 Å². The summed E-state index contributed by atoms with van der Waals surface area (Å²) in [5.74, 6) is 0. The highest BCUT2D eigenvalue weighted by molar-refractivity contribution is 6.35. The first-order valence-electron chi connectivity index (χ1n) is 13.3. The molecule has 4 aromatic rings. The van der Waals surface area contributed by atoms with Crippen molar-refractivity contribution in [3.8, 4) is 0 Å². The number of nitrogens with zero attached hydrogens (tertiary/aromatic N) is 2. The van der Waals surface area contributed by atoms with Crippen molar-refractivity contribution in [2.75, 3.05) is 6.61 Å². The molecule has 1 fully saturated rings. The van der Waals surface area contributed by atoms with Gasteiger partial charge in [-0.2, -0.15) is 0 Å². The Morgan fingerprint density at radius 3 is 2.40 bits per heavy atom. The van der Waals surface area contributed by atoms with Gasteiger partial charge in [-0.25, -0.2) is 4.98 Å². The molecule has 3 aromatic carbocycles. The maximum atomic E-state index is 6.59. The molecule has 5 nitrogen and oxygen atoms in total. The fraction of sp³-hybridized carbons (Fsp3) is 0.323. The van der Waals surface area contributed by atoms with Crippen molar-refractivity contribution in [2.24, 2.45) is 0 Å². The van der Waals surface area contributed by atoms with E-state index in [0.29, 0.717) is 39.7 Å². The summed E-state index contributed by atoms with van der Waals surface area (Å²) in [5.41, 5.74) is 2.90. The predicted molar refractivity (Wildman–Crippen MR) is 160 cm³/mol. The summed E-state index contributed by atoms with van der Waals surface area (Å²) in [7, 11) is 0. The van der Waals surface area contributed by atoms with Crippen molar-refractivity contribution < 1.29 is 14.2 Å². The molecule has 0 amide bonds. The highest BCUT2D eigenvalue weighted by Crippen LogP contribution is 2.34. The van der Waals surface area contributed by atoms with Gasteiger partial charge in [0.05, 0.1) is 31.7 Å². The third-order valence-corrected chi connectivity index (χ3v) is 8.10. The number of aromatic nitrogens is 2. The molecule has 1 saturated heterocycles. The molecule has 4 unspecified atom stereocenters. The summed E-state index contributed by atoms with van der Waals surface area (Å²) in [6.45, 7) is 0.961. The molecule has 40 heavy (non-hydrogen) atoms. The highest BCUT2D eigenvalue weighted by atomic mass is 35.5. The van der Waals surface area contributed by atoms with Gasteiger partial charge in [-0.15, -0.1) is 0 Å². The van der Waals surface area contributed by atoms with E-state index in [0.717, 1.165) is 36.0 Å². The quantitative estimate of drug-likeness (QED) is 0.168. The molecule has 1 aliphatic rings. The van der Waals surface area contributed by atoms with Crippen molar-refractivity contribution in [3.05, 3.63) is 122 Å². The lowest BCUT2D eigenvalue weighted by atomic mass is 10.0. The Morgan fingerprint density at radius 2 is 1.68 bits per heavy atom. The standard InChI is InChI=1S/C31H30Cl4N2O3/c32-23-10-9-22(27(34)16-23)15-29(21-5-2-1-3-6-21)40-31-8-4-7-25(39-31)19-38-30(18-37-14-13-36-20-37)26-12-11-24(33)17-28(26)35/h1-3,5-6,9-14,16-17,20,25,29-31H,4,7-8,15,18-19H2. The van der Waals surface area contributed by atoms with Gasteiger partial charge in [-0.1, -0.05) is 88.9 Å². The molecule has 0 aliphatic carbocycles. The molecule has 5 rings (SSSR count). The number of benzene rings is 3. The largest absolute Gasteiger partial charge is 0.369 e. The number of imidazole rings is 1. The summed E-state index contributed by atoms with van der Waals surface area (Å²) >= 11 is 25.3. The van der Waals surface area contributed by atoms with E-state index >= 15 is 0 Å². The van der Waals surface area contributed by atoms with Crippen molar-refractivity contribution in [1.82, 2.24) is 9.55 Å². The average molecular weight is 620 g/mol. The number of hydrogen-bond donors (Lipinski definition) is 0. The van der Waals surface area contributed by atoms with E-state index in [4.69, 9.17) is 60.6 Å². The Morgan fingerprint density at radius 1 is 0.900 bits per heavy atom. The Bertz CT molecular complexity index is 1370. The van der Waals surface area contributed by atoms with Crippen LogP contribution in [0.25, 0.3) is 0 Å².